The molecule has 0 heterocycles. The van der Waals surface area contributed by atoms with E-state index >= 15 is 0 Å². The van der Waals surface area contributed by atoms with Crippen molar-refractivity contribution < 1.29 is 25.9 Å². The third kappa shape index (κ3) is 5.95. The quantitative estimate of drug-likeness (QED) is 0.242. The van der Waals surface area contributed by atoms with Gasteiger partial charge in [-0.2, -0.15) is 16.8 Å². The van der Waals surface area contributed by atoms with Crippen molar-refractivity contribution in [2.75, 3.05) is 0 Å². The first-order valence-corrected chi connectivity index (χ1v) is 6.86. The van der Waals surface area contributed by atoms with Crippen molar-refractivity contribution in [3.63, 3.8) is 0 Å². The molecule has 0 bridgehead atoms. The molecule has 0 unspecified atom stereocenters. The minimum absolute atomic E-state index is 0. The van der Waals surface area contributed by atoms with Gasteiger partial charge in [0.25, 0.3) is 0 Å². The van der Waals surface area contributed by atoms with Gasteiger partial charge in [0, 0.05) is 59.1 Å². The van der Waals surface area contributed by atoms with E-state index in [0.717, 1.165) is 45.2 Å². The predicted octanol–water partition coefficient (Wildman–Crippen LogP) is -0.518. The van der Waals surface area contributed by atoms with Crippen molar-refractivity contribution in [2.24, 2.45) is 0 Å². The van der Waals surface area contributed by atoms with Crippen molar-refractivity contribution in [3.05, 3.63) is 0 Å². The summed E-state index contributed by atoms with van der Waals surface area (Å²) in [4.78, 5) is 0. The Hall–Kier alpha value is 3.28. The molecule has 0 aliphatic rings. The van der Waals surface area contributed by atoms with Crippen LogP contribution in [0.2, 0.25) is 0 Å². The maximum absolute atomic E-state index is 10.3. The topological polar surface area (TPSA) is 109 Å². The molecule has 0 aliphatic carbocycles. The van der Waals surface area contributed by atoms with Gasteiger partial charge in [0.1, 0.15) is 0 Å². The number of rotatable bonds is 2. The van der Waals surface area contributed by atoms with E-state index in [1.165, 1.54) is 0 Å². The third-order valence-electron chi connectivity index (χ3n) is 0.601. The molecular weight excluding hydrogens is 472 g/mol. The Kier molecular flexibility index (Phi) is 11.4. The summed E-state index contributed by atoms with van der Waals surface area (Å²) >= 11 is 1.80. The molecule has 0 rings (SSSR count). The number of hydrogen-bond acceptors (Lipinski definition) is 4. The fraction of sp³-hybridized carbons (Fsp3) is 1.00. The first-order valence-electron chi connectivity index (χ1n) is 1.82. The average molecular weight is 474 g/mol. The van der Waals surface area contributed by atoms with Crippen LogP contribution in [-0.4, -0.2) is 85.1 Å². The van der Waals surface area contributed by atoms with Gasteiger partial charge in [-0.05, 0) is 45.2 Å². The summed E-state index contributed by atoms with van der Waals surface area (Å²) in [5.74, 6) is 0. The van der Waals surface area contributed by atoms with Crippen molar-refractivity contribution in [2.45, 2.75) is 0.0925 Å². The molecule has 0 aromatic rings. The SMILES string of the molecule is O=S(=O)(O)C(I)(I)S(=O)(=O)O.[Na].[Na]. The van der Waals surface area contributed by atoms with E-state index in [0.29, 0.717) is 0 Å². The molecule has 0 aromatic heterocycles. The molecule has 0 aliphatic heterocycles. The van der Waals surface area contributed by atoms with Crippen LogP contribution in [0.3, 0.4) is 0 Å². The van der Waals surface area contributed by atoms with Crippen LogP contribution in [0.25, 0.3) is 0 Å². The molecule has 0 atom stereocenters. The molecule has 0 aromatic carbocycles. The number of hydrogen-bond donors (Lipinski definition) is 2. The molecule has 0 fully saturated rings. The first-order chi connectivity index (χ1) is 4.50. The Labute approximate surface area is 147 Å². The van der Waals surface area contributed by atoms with Gasteiger partial charge >= 0.3 is 20.3 Å². The fourth-order valence-electron chi connectivity index (χ4n) is 0.133. The van der Waals surface area contributed by atoms with Crippen molar-refractivity contribution in [1.29, 1.82) is 0 Å². The molecule has 0 spiro atoms. The molecule has 0 saturated heterocycles. The van der Waals surface area contributed by atoms with Gasteiger partial charge in [0.05, 0.1) is 0 Å². The minimum Gasteiger partial charge on any atom is -0.283 e. The zero-order valence-electron chi connectivity index (χ0n) is 6.60. The smallest absolute Gasteiger partial charge is 0.283 e. The summed E-state index contributed by atoms with van der Waals surface area (Å²) in [6.45, 7) is 0. The van der Waals surface area contributed by atoms with Crippen LogP contribution in [0, 0.1) is 0 Å². The summed E-state index contributed by atoms with van der Waals surface area (Å²) in [6.07, 6.45) is 0. The van der Waals surface area contributed by atoms with E-state index in [-0.39, 0.29) is 59.1 Å². The summed E-state index contributed by atoms with van der Waals surface area (Å²) in [6, 6.07) is 0. The van der Waals surface area contributed by atoms with E-state index in [1.54, 1.807) is 0 Å². The fourth-order valence-corrected chi connectivity index (χ4v) is 1.20. The van der Waals surface area contributed by atoms with Crippen molar-refractivity contribution in [1.82, 2.24) is 0 Å². The van der Waals surface area contributed by atoms with Gasteiger partial charge in [0.2, 0.25) is 0 Å². The summed E-state index contributed by atoms with van der Waals surface area (Å²) in [7, 11) is -9.65. The first kappa shape index (κ1) is 21.6. The predicted molar refractivity (Wildman–Crippen MR) is 65.4 cm³/mol. The zero-order valence-corrected chi connectivity index (χ0v) is 16.5. The normalized spacial score (nSPS) is 12.6. The zero-order chi connectivity index (χ0) is 9.50. The summed E-state index contributed by atoms with van der Waals surface area (Å²) in [5, 5.41) is 0. The van der Waals surface area contributed by atoms with Gasteiger partial charge in [-0.25, -0.2) is 0 Å². The van der Waals surface area contributed by atoms with E-state index < -0.39 is 20.3 Å². The molecule has 2 N–H and O–H groups in total. The van der Waals surface area contributed by atoms with Crippen LogP contribution < -0.4 is 0 Å². The van der Waals surface area contributed by atoms with Crippen LogP contribution in [0.1, 0.15) is 0 Å². The van der Waals surface area contributed by atoms with Crippen molar-refractivity contribution in [3.8, 4) is 0 Å². The Morgan fingerprint density at radius 1 is 0.846 bits per heavy atom. The van der Waals surface area contributed by atoms with Crippen molar-refractivity contribution >= 4 is 125 Å². The average Bonchev–Trinajstić information content (AvgIpc) is 1.58. The minimum atomic E-state index is -4.82. The number of alkyl halides is 2. The van der Waals surface area contributed by atoms with Gasteiger partial charge in [-0.15, -0.1) is 0 Å². The maximum atomic E-state index is 10.3. The summed E-state index contributed by atoms with van der Waals surface area (Å²) in [5.41, 5.74) is 0. The van der Waals surface area contributed by atoms with Crippen LogP contribution in [0.5, 0.6) is 0 Å². The Balaban J connectivity index is -0.000000500. The van der Waals surface area contributed by atoms with Crippen LogP contribution in [-0.2, 0) is 20.2 Å². The standard InChI is InChI=1S/CH2I2O6S2.2Na/c2-1(3,10(4,5)6)11(7,8)9;;/h(H,4,5,6)(H,7,8,9);;. The van der Waals surface area contributed by atoms with Gasteiger partial charge in [-0.1, -0.05) is 0 Å². The van der Waals surface area contributed by atoms with Crippen LogP contribution >= 0.6 is 45.2 Å². The molecule has 2 radical (unpaired) electrons. The maximum Gasteiger partial charge on any atom is 0.320 e. The second kappa shape index (κ2) is 6.88. The molecule has 12 heteroatoms. The van der Waals surface area contributed by atoms with Crippen LogP contribution in [0.15, 0.2) is 0 Å². The second-order valence-corrected chi connectivity index (χ2v) is 13.0. The Bertz CT molecular complexity index is 309. The van der Waals surface area contributed by atoms with Gasteiger partial charge < -0.3 is 0 Å². The summed E-state index contributed by atoms with van der Waals surface area (Å²) < 4.78 is 55.2. The third-order valence-corrected chi connectivity index (χ3v) is 9.74. The molecule has 0 amide bonds. The van der Waals surface area contributed by atoms with Crippen LogP contribution in [0.4, 0.5) is 0 Å². The van der Waals surface area contributed by atoms with Gasteiger partial charge in [0.15, 0.2) is 0 Å². The second-order valence-electron chi connectivity index (χ2n) is 1.41. The van der Waals surface area contributed by atoms with E-state index in [2.05, 4.69) is 0 Å². The molecular formula is CH2I2Na2O6S2. The van der Waals surface area contributed by atoms with E-state index in [1.807, 2.05) is 0 Å². The Morgan fingerprint density at radius 2 is 1.00 bits per heavy atom. The molecule has 0 saturated carbocycles. The van der Waals surface area contributed by atoms with E-state index in [4.69, 9.17) is 9.11 Å². The Morgan fingerprint density at radius 3 is 1.00 bits per heavy atom. The van der Waals surface area contributed by atoms with E-state index in [9.17, 15) is 16.8 Å². The van der Waals surface area contributed by atoms with Gasteiger partial charge in [-0.3, -0.25) is 9.11 Å². The molecule has 6 nitrogen and oxygen atoms in total. The largest absolute Gasteiger partial charge is 0.320 e. The monoisotopic (exact) mass is 474 g/mol. The molecule has 70 valence electrons. The molecule has 13 heavy (non-hydrogen) atoms. The number of halogens is 2.